The molecule has 3 rings (SSSR count). The minimum atomic E-state index is 0.783. The van der Waals surface area contributed by atoms with Crippen LogP contribution in [0.4, 0.5) is 5.69 Å². The zero-order chi connectivity index (χ0) is 13.8. The van der Waals surface area contributed by atoms with Crippen molar-refractivity contribution in [2.75, 3.05) is 0 Å². The van der Waals surface area contributed by atoms with E-state index in [1.807, 2.05) is 48.7 Å². The lowest BCUT2D eigenvalue weighted by Gasteiger charge is -2.01. The Balaban J connectivity index is 1.78. The molecule has 0 saturated heterocycles. The summed E-state index contributed by atoms with van der Waals surface area (Å²) >= 11 is 7.41. The topological polar surface area (TPSA) is 12.4 Å². The number of hydrogen-bond acceptors (Lipinski definition) is 2. The second kappa shape index (κ2) is 6.04. The van der Waals surface area contributed by atoms with E-state index in [2.05, 4.69) is 29.3 Å². The molecule has 0 unspecified atom stereocenters. The third-order valence-electron chi connectivity index (χ3n) is 2.91. The SMILES string of the molecule is Clc1ccc(C=Nc2ccc(-c3ccccc3)cc2)s1. The number of nitrogens with zero attached hydrogens (tertiary/aromatic N) is 1. The Hall–Kier alpha value is -1.90. The van der Waals surface area contributed by atoms with Crippen LogP contribution >= 0.6 is 22.9 Å². The lowest BCUT2D eigenvalue weighted by Crippen LogP contribution is -1.76. The van der Waals surface area contributed by atoms with E-state index >= 15 is 0 Å². The Morgan fingerprint density at radius 2 is 1.50 bits per heavy atom. The summed E-state index contributed by atoms with van der Waals surface area (Å²) in [7, 11) is 0. The standard InChI is InChI=1S/C17H12ClNS/c18-17-11-10-16(20-17)12-19-15-8-6-14(7-9-15)13-4-2-1-3-5-13/h1-12H. The van der Waals surface area contributed by atoms with Crippen LogP contribution in [-0.4, -0.2) is 6.21 Å². The molecular formula is C17H12ClNS. The van der Waals surface area contributed by atoms with Gasteiger partial charge >= 0.3 is 0 Å². The molecule has 2 aromatic carbocycles. The van der Waals surface area contributed by atoms with Crippen LogP contribution in [0.5, 0.6) is 0 Å². The highest BCUT2D eigenvalue weighted by molar-refractivity contribution is 7.17. The number of thiophene rings is 1. The maximum Gasteiger partial charge on any atom is 0.0935 e. The van der Waals surface area contributed by atoms with Gasteiger partial charge in [-0.15, -0.1) is 11.3 Å². The van der Waals surface area contributed by atoms with Gasteiger partial charge < -0.3 is 0 Å². The molecule has 0 N–H and O–H groups in total. The molecule has 1 nitrogen and oxygen atoms in total. The molecule has 0 bridgehead atoms. The van der Waals surface area contributed by atoms with Crippen molar-refractivity contribution in [3.05, 3.63) is 75.9 Å². The van der Waals surface area contributed by atoms with E-state index in [4.69, 9.17) is 11.6 Å². The van der Waals surface area contributed by atoms with Crippen LogP contribution in [0.25, 0.3) is 11.1 Å². The first-order chi connectivity index (χ1) is 9.81. The summed E-state index contributed by atoms with van der Waals surface area (Å²) < 4.78 is 0.783. The molecular weight excluding hydrogens is 286 g/mol. The molecule has 3 heteroatoms. The highest BCUT2D eigenvalue weighted by Gasteiger charge is 1.97. The smallest absolute Gasteiger partial charge is 0.0935 e. The number of rotatable bonds is 3. The highest BCUT2D eigenvalue weighted by Crippen LogP contribution is 2.23. The van der Waals surface area contributed by atoms with E-state index in [9.17, 15) is 0 Å². The van der Waals surface area contributed by atoms with Crippen molar-refractivity contribution in [3.8, 4) is 11.1 Å². The molecule has 20 heavy (non-hydrogen) atoms. The number of benzene rings is 2. The van der Waals surface area contributed by atoms with Gasteiger partial charge in [-0.2, -0.15) is 0 Å². The molecule has 1 aromatic heterocycles. The zero-order valence-corrected chi connectivity index (χ0v) is 12.2. The maximum atomic E-state index is 5.89. The molecule has 0 radical (unpaired) electrons. The summed E-state index contributed by atoms with van der Waals surface area (Å²) in [5, 5.41) is 0. The summed E-state index contributed by atoms with van der Waals surface area (Å²) in [6.07, 6.45) is 1.84. The Bertz CT molecular complexity index is 714. The molecule has 0 amide bonds. The molecule has 0 aliphatic heterocycles. The van der Waals surface area contributed by atoms with Crippen molar-refractivity contribution in [3.63, 3.8) is 0 Å². The van der Waals surface area contributed by atoms with Crippen molar-refractivity contribution in [1.82, 2.24) is 0 Å². The number of hydrogen-bond donors (Lipinski definition) is 0. The zero-order valence-electron chi connectivity index (χ0n) is 10.7. The summed E-state index contributed by atoms with van der Waals surface area (Å²) in [5.74, 6) is 0. The van der Waals surface area contributed by atoms with E-state index in [1.54, 1.807) is 0 Å². The molecule has 98 valence electrons. The predicted molar refractivity (Wildman–Crippen MR) is 88.5 cm³/mol. The maximum absolute atomic E-state index is 5.89. The monoisotopic (exact) mass is 297 g/mol. The van der Waals surface area contributed by atoms with Gasteiger partial charge in [0.15, 0.2) is 0 Å². The van der Waals surface area contributed by atoms with Gasteiger partial charge in [0.25, 0.3) is 0 Å². The summed E-state index contributed by atoms with van der Waals surface area (Å²) in [4.78, 5) is 5.51. The van der Waals surface area contributed by atoms with Gasteiger partial charge in [0.05, 0.1) is 10.0 Å². The van der Waals surface area contributed by atoms with Crippen molar-refractivity contribution in [2.24, 2.45) is 4.99 Å². The minimum absolute atomic E-state index is 0.783. The van der Waals surface area contributed by atoms with Crippen LogP contribution in [0, 0.1) is 0 Å². The lowest BCUT2D eigenvalue weighted by molar-refractivity contribution is 1.53. The Kier molecular flexibility index (Phi) is 3.95. The molecule has 3 aromatic rings. The van der Waals surface area contributed by atoms with E-state index < -0.39 is 0 Å². The molecule has 0 aliphatic carbocycles. The van der Waals surface area contributed by atoms with Crippen molar-refractivity contribution in [1.29, 1.82) is 0 Å². The third-order valence-corrected chi connectivity index (χ3v) is 4.07. The Morgan fingerprint density at radius 1 is 0.800 bits per heavy atom. The fourth-order valence-electron chi connectivity index (χ4n) is 1.91. The van der Waals surface area contributed by atoms with E-state index in [-0.39, 0.29) is 0 Å². The first-order valence-electron chi connectivity index (χ1n) is 6.26. The van der Waals surface area contributed by atoms with Gasteiger partial charge in [0.2, 0.25) is 0 Å². The van der Waals surface area contributed by atoms with Gasteiger partial charge in [-0.05, 0) is 35.4 Å². The van der Waals surface area contributed by atoms with Gasteiger partial charge in [-0.25, -0.2) is 0 Å². The predicted octanol–water partition coefficient (Wildman–Crippen LogP) is 5.82. The van der Waals surface area contributed by atoms with Gasteiger partial charge in [-0.1, -0.05) is 54.1 Å². The van der Waals surface area contributed by atoms with Crippen LogP contribution in [0.15, 0.2) is 71.7 Å². The molecule has 0 atom stereocenters. The van der Waals surface area contributed by atoms with Crippen LogP contribution in [0.3, 0.4) is 0 Å². The second-order valence-electron chi connectivity index (χ2n) is 4.31. The molecule has 0 aliphatic rings. The van der Waals surface area contributed by atoms with Crippen LogP contribution in [0.2, 0.25) is 4.34 Å². The Morgan fingerprint density at radius 3 is 2.15 bits per heavy atom. The van der Waals surface area contributed by atoms with Gasteiger partial charge in [0.1, 0.15) is 0 Å². The first-order valence-corrected chi connectivity index (χ1v) is 7.45. The summed E-state index contributed by atoms with van der Waals surface area (Å²) in [5.41, 5.74) is 3.35. The van der Waals surface area contributed by atoms with E-state index in [0.29, 0.717) is 0 Å². The second-order valence-corrected chi connectivity index (χ2v) is 6.06. The van der Waals surface area contributed by atoms with Crippen molar-refractivity contribution in [2.45, 2.75) is 0 Å². The first kappa shape index (κ1) is 13.1. The average molecular weight is 298 g/mol. The largest absolute Gasteiger partial charge is 0.255 e. The van der Waals surface area contributed by atoms with Crippen molar-refractivity contribution >= 4 is 34.8 Å². The van der Waals surface area contributed by atoms with E-state index in [1.165, 1.54) is 22.5 Å². The minimum Gasteiger partial charge on any atom is -0.255 e. The fraction of sp³-hybridized carbons (Fsp3) is 0. The van der Waals surface area contributed by atoms with Gasteiger partial charge in [0, 0.05) is 11.1 Å². The average Bonchev–Trinajstić information content (AvgIpc) is 2.92. The normalized spacial score (nSPS) is 11.1. The van der Waals surface area contributed by atoms with Crippen molar-refractivity contribution < 1.29 is 0 Å². The lowest BCUT2D eigenvalue weighted by atomic mass is 10.1. The summed E-state index contributed by atoms with van der Waals surface area (Å²) in [6, 6.07) is 22.4. The molecule has 0 fully saturated rings. The van der Waals surface area contributed by atoms with Crippen LogP contribution in [-0.2, 0) is 0 Å². The van der Waals surface area contributed by atoms with Crippen LogP contribution in [0.1, 0.15) is 4.88 Å². The molecule has 1 heterocycles. The third kappa shape index (κ3) is 3.16. The number of halogens is 1. The number of aliphatic imine (C=N–C) groups is 1. The fourth-order valence-corrected chi connectivity index (χ4v) is 2.84. The molecule has 0 spiro atoms. The van der Waals surface area contributed by atoms with E-state index in [0.717, 1.165) is 14.9 Å². The summed E-state index contributed by atoms with van der Waals surface area (Å²) in [6.45, 7) is 0. The quantitative estimate of drug-likeness (QED) is 0.540. The Labute approximate surface area is 127 Å². The highest BCUT2D eigenvalue weighted by atomic mass is 35.5. The molecule has 0 saturated carbocycles. The van der Waals surface area contributed by atoms with Gasteiger partial charge in [-0.3, -0.25) is 4.99 Å². The van der Waals surface area contributed by atoms with Crippen LogP contribution < -0.4 is 0 Å².